The first-order chi connectivity index (χ1) is 14.6. The van der Waals surface area contributed by atoms with Crippen LogP contribution >= 0.6 is 0 Å². The molecule has 2 rings (SSSR count). The highest BCUT2D eigenvalue weighted by molar-refractivity contribution is 7.89. The van der Waals surface area contributed by atoms with Gasteiger partial charge in [0.25, 0.3) is 0 Å². The minimum absolute atomic E-state index is 0.0473. The van der Waals surface area contributed by atoms with Gasteiger partial charge in [-0.3, -0.25) is 9.59 Å². The first-order valence-electron chi connectivity index (χ1n) is 9.87. The van der Waals surface area contributed by atoms with Crippen LogP contribution in [0.2, 0.25) is 0 Å². The quantitative estimate of drug-likeness (QED) is 0.542. The summed E-state index contributed by atoms with van der Waals surface area (Å²) in [6.07, 6.45) is -0.459. The predicted molar refractivity (Wildman–Crippen MR) is 114 cm³/mol. The normalized spacial score (nSPS) is 12.4. The van der Waals surface area contributed by atoms with Gasteiger partial charge in [0.1, 0.15) is 5.82 Å². The van der Waals surface area contributed by atoms with E-state index in [9.17, 15) is 22.4 Å². The number of hydrogen-bond donors (Lipinski definition) is 2. The Kier molecular flexibility index (Phi) is 8.70. The van der Waals surface area contributed by atoms with Gasteiger partial charge < -0.3 is 10.1 Å². The van der Waals surface area contributed by atoms with Gasteiger partial charge in [0, 0.05) is 13.0 Å². The molecule has 0 spiro atoms. The van der Waals surface area contributed by atoms with E-state index in [4.69, 9.17) is 4.74 Å². The van der Waals surface area contributed by atoms with Gasteiger partial charge in [-0.15, -0.1) is 0 Å². The summed E-state index contributed by atoms with van der Waals surface area (Å²) in [4.78, 5) is 24.4. The topological polar surface area (TPSA) is 102 Å². The molecule has 0 heterocycles. The molecule has 1 amide bonds. The molecule has 0 aliphatic heterocycles. The van der Waals surface area contributed by atoms with Crippen molar-refractivity contribution in [3.63, 3.8) is 0 Å². The van der Waals surface area contributed by atoms with Crippen LogP contribution in [0.1, 0.15) is 43.9 Å². The van der Waals surface area contributed by atoms with Gasteiger partial charge in [0.2, 0.25) is 15.9 Å². The molecule has 2 N–H and O–H groups in total. The lowest BCUT2D eigenvalue weighted by atomic mass is 10.0. The van der Waals surface area contributed by atoms with Crippen molar-refractivity contribution < 1.29 is 27.1 Å². The summed E-state index contributed by atoms with van der Waals surface area (Å²) >= 11 is 0. The number of sulfonamides is 1. The van der Waals surface area contributed by atoms with Crippen molar-refractivity contribution in [1.82, 2.24) is 10.0 Å². The number of esters is 1. The Balaban J connectivity index is 1.98. The average Bonchev–Trinajstić information content (AvgIpc) is 2.67. The molecular formula is C22H27FN2O5S. The highest BCUT2D eigenvalue weighted by Crippen LogP contribution is 2.19. The van der Waals surface area contributed by atoms with Gasteiger partial charge in [-0.25, -0.2) is 17.5 Å². The zero-order valence-corrected chi connectivity index (χ0v) is 18.5. The molecule has 2 aromatic carbocycles. The fourth-order valence-electron chi connectivity index (χ4n) is 2.79. The maximum Gasteiger partial charge on any atom is 0.308 e. The molecule has 0 bridgehead atoms. The van der Waals surface area contributed by atoms with Crippen molar-refractivity contribution >= 4 is 21.9 Å². The zero-order chi connectivity index (χ0) is 23.0. The van der Waals surface area contributed by atoms with Gasteiger partial charge in [-0.1, -0.05) is 29.8 Å². The van der Waals surface area contributed by atoms with Crippen LogP contribution in [0.25, 0.3) is 0 Å². The number of rotatable bonds is 10. The summed E-state index contributed by atoms with van der Waals surface area (Å²) in [5.74, 6) is -1.42. The lowest BCUT2D eigenvalue weighted by Crippen LogP contribution is -2.34. The van der Waals surface area contributed by atoms with Gasteiger partial charge in [0.05, 0.1) is 23.5 Å². The standard InChI is InChI=1S/C22H27FN2O5S/c1-15(2)30-22(27)14-20(17-6-4-16(3)5-7-17)25-21(26)12-13-24-31(28,29)19-10-8-18(23)9-11-19/h4-11,15,20,24H,12-14H2,1-3H3,(H,25,26). The lowest BCUT2D eigenvalue weighted by Gasteiger charge is -2.20. The van der Waals surface area contributed by atoms with E-state index in [1.807, 2.05) is 31.2 Å². The van der Waals surface area contributed by atoms with Crippen LogP contribution in [0.3, 0.4) is 0 Å². The SMILES string of the molecule is Cc1ccc(C(CC(=O)OC(C)C)NC(=O)CCNS(=O)(=O)c2ccc(F)cc2)cc1. The molecule has 2 aromatic rings. The largest absolute Gasteiger partial charge is 0.463 e. The Labute approximate surface area is 182 Å². The minimum Gasteiger partial charge on any atom is -0.463 e. The first kappa shape index (κ1) is 24.5. The molecule has 0 radical (unpaired) electrons. The Hall–Kier alpha value is -2.78. The number of hydrogen-bond acceptors (Lipinski definition) is 5. The van der Waals surface area contributed by atoms with Crippen molar-refractivity contribution in [3.8, 4) is 0 Å². The van der Waals surface area contributed by atoms with Crippen LogP contribution in [0, 0.1) is 12.7 Å². The second-order valence-electron chi connectivity index (χ2n) is 7.38. The maximum absolute atomic E-state index is 13.0. The summed E-state index contributed by atoms with van der Waals surface area (Å²) in [5, 5.41) is 2.77. The fraction of sp³-hybridized carbons (Fsp3) is 0.364. The maximum atomic E-state index is 13.0. The number of carbonyl (C=O) groups excluding carboxylic acids is 2. The predicted octanol–water partition coefficient (Wildman–Crippen LogP) is 3.00. The number of amides is 1. The molecule has 9 heteroatoms. The van der Waals surface area contributed by atoms with Crippen LogP contribution in [-0.2, 0) is 24.3 Å². The average molecular weight is 451 g/mol. The Bertz CT molecular complexity index is 990. The van der Waals surface area contributed by atoms with Crippen molar-refractivity contribution in [2.75, 3.05) is 6.54 Å². The Morgan fingerprint density at radius 3 is 2.23 bits per heavy atom. The number of halogens is 1. The molecular weight excluding hydrogens is 423 g/mol. The number of aryl methyl sites for hydroxylation is 1. The van der Waals surface area contributed by atoms with E-state index in [1.54, 1.807) is 13.8 Å². The van der Waals surface area contributed by atoms with E-state index in [-0.39, 0.29) is 30.4 Å². The summed E-state index contributed by atoms with van der Waals surface area (Å²) in [5.41, 5.74) is 1.78. The van der Waals surface area contributed by atoms with E-state index in [1.165, 1.54) is 0 Å². The zero-order valence-electron chi connectivity index (χ0n) is 17.7. The molecule has 0 saturated carbocycles. The molecule has 0 aromatic heterocycles. The van der Waals surface area contributed by atoms with Gasteiger partial charge in [-0.2, -0.15) is 0 Å². The molecule has 1 atom stereocenters. The highest BCUT2D eigenvalue weighted by atomic mass is 32.2. The van der Waals surface area contributed by atoms with Gasteiger partial charge >= 0.3 is 5.97 Å². The summed E-state index contributed by atoms with van der Waals surface area (Å²) in [6.45, 7) is 5.26. The second-order valence-corrected chi connectivity index (χ2v) is 9.14. The second kappa shape index (κ2) is 11.0. The van der Waals surface area contributed by atoms with Gasteiger partial charge in [0.15, 0.2) is 0 Å². The van der Waals surface area contributed by atoms with Crippen LogP contribution < -0.4 is 10.0 Å². The van der Waals surface area contributed by atoms with Crippen molar-refractivity contribution in [1.29, 1.82) is 0 Å². The van der Waals surface area contributed by atoms with E-state index in [2.05, 4.69) is 10.0 Å². The van der Waals surface area contributed by atoms with E-state index in [0.717, 1.165) is 35.4 Å². The fourth-order valence-corrected chi connectivity index (χ4v) is 3.82. The summed E-state index contributed by atoms with van der Waals surface area (Å²) < 4.78 is 44.9. The highest BCUT2D eigenvalue weighted by Gasteiger charge is 2.21. The van der Waals surface area contributed by atoms with Crippen LogP contribution in [0.5, 0.6) is 0 Å². The molecule has 1 unspecified atom stereocenters. The molecule has 0 aliphatic rings. The molecule has 0 aliphatic carbocycles. The third-order valence-corrected chi connectivity index (χ3v) is 5.80. The minimum atomic E-state index is -3.86. The van der Waals surface area contributed by atoms with E-state index < -0.39 is 33.8 Å². The number of benzene rings is 2. The molecule has 7 nitrogen and oxygen atoms in total. The monoisotopic (exact) mass is 450 g/mol. The molecule has 31 heavy (non-hydrogen) atoms. The van der Waals surface area contributed by atoms with Crippen molar-refractivity contribution in [2.45, 2.75) is 50.7 Å². The van der Waals surface area contributed by atoms with Crippen LogP contribution in [0.4, 0.5) is 4.39 Å². The Morgan fingerprint density at radius 1 is 1.03 bits per heavy atom. The summed E-state index contributed by atoms with van der Waals surface area (Å²) in [6, 6.07) is 11.2. The third kappa shape index (κ3) is 8.10. The lowest BCUT2D eigenvalue weighted by molar-refractivity contribution is -0.148. The molecule has 0 fully saturated rings. The third-order valence-electron chi connectivity index (χ3n) is 4.32. The van der Waals surface area contributed by atoms with Crippen molar-refractivity contribution in [3.05, 3.63) is 65.5 Å². The van der Waals surface area contributed by atoms with Crippen LogP contribution in [0.15, 0.2) is 53.4 Å². The number of nitrogens with one attached hydrogen (secondary N) is 2. The Morgan fingerprint density at radius 2 is 1.65 bits per heavy atom. The molecule has 0 saturated heterocycles. The molecule has 168 valence electrons. The number of ether oxygens (including phenoxy) is 1. The van der Waals surface area contributed by atoms with E-state index >= 15 is 0 Å². The summed E-state index contributed by atoms with van der Waals surface area (Å²) in [7, 11) is -3.86. The smallest absolute Gasteiger partial charge is 0.308 e. The first-order valence-corrected chi connectivity index (χ1v) is 11.4. The van der Waals surface area contributed by atoms with Crippen LogP contribution in [-0.4, -0.2) is 32.9 Å². The van der Waals surface area contributed by atoms with E-state index in [0.29, 0.717) is 0 Å². The van der Waals surface area contributed by atoms with Gasteiger partial charge in [-0.05, 0) is 50.6 Å². The van der Waals surface area contributed by atoms with Crippen molar-refractivity contribution in [2.24, 2.45) is 0 Å². The number of carbonyl (C=O) groups is 2.